The summed E-state index contributed by atoms with van der Waals surface area (Å²) in [6.07, 6.45) is 0. The van der Waals surface area contributed by atoms with Crippen molar-refractivity contribution in [3.05, 3.63) is 46.8 Å². The Morgan fingerprint density at radius 2 is 1.87 bits per heavy atom. The summed E-state index contributed by atoms with van der Waals surface area (Å²) in [5.41, 5.74) is 3.92. The summed E-state index contributed by atoms with van der Waals surface area (Å²) in [5.74, 6) is 0.177. The zero-order valence-corrected chi connectivity index (χ0v) is 13.9. The first-order valence-corrected chi connectivity index (χ1v) is 7.47. The first kappa shape index (κ1) is 16.9. The number of nitrogens with one attached hydrogen (secondary N) is 2. The van der Waals surface area contributed by atoms with Crippen LogP contribution in [0.3, 0.4) is 0 Å². The van der Waals surface area contributed by atoms with E-state index in [0.29, 0.717) is 24.8 Å². The molecule has 0 radical (unpaired) electrons. The second kappa shape index (κ2) is 7.69. The third-order valence-corrected chi connectivity index (χ3v) is 3.40. The van der Waals surface area contributed by atoms with Crippen molar-refractivity contribution in [2.24, 2.45) is 0 Å². The van der Waals surface area contributed by atoms with Crippen LogP contribution in [0.4, 0.5) is 11.6 Å². The van der Waals surface area contributed by atoms with Crippen LogP contribution in [0.2, 0.25) is 0 Å². The first-order chi connectivity index (χ1) is 11.0. The maximum absolute atomic E-state index is 12.5. The van der Waals surface area contributed by atoms with Crippen LogP contribution in [0.1, 0.15) is 27.3 Å². The van der Waals surface area contributed by atoms with Crippen molar-refractivity contribution < 1.29 is 9.53 Å². The first-order valence-electron chi connectivity index (χ1n) is 7.47. The number of hydrogen-bond donors (Lipinski definition) is 2. The van der Waals surface area contributed by atoms with E-state index < -0.39 is 0 Å². The molecule has 1 amide bonds. The van der Waals surface area contributed by atoms with Gasteiger partial charge in [-0.1, -0.05) is 18.2 Å². The minimum absolute atomic E-state index is 0.248. The Labute approximate surface area is 136 Å². The Bertz CT molecular complexity index is 681. The van der Waals surface area contributed by atoms with E-state index in [-0.39, 0.29) is 5.91 Å². The van der Waals surface area contributed by atoms with Gasteiger partial charge in [0.05, 0.1) is 6.61 Å². The molecule has 0 aliphatic carbocycles. The van der Waals surface area contributed by atoms with E-state index in [1.54, 1.807) is 13.2 Å². The highest BCUT2D eigenvalue weighted by atomic mass is 16.5. The molecule has 0 aliphatic heterocycles. The maximum Gasteiger partial charge on any atom is 0.274 e. The van der Waals surface area contributed by atoms with Crippen LogP contribution in [0.15, 0.2) is 24.3 Å². The second-order valence-electron chi connectivity index (χ2n) is 5.36. The smallest absolute Gasteiger partial charge is 0.274 e. The number of benzene rings is 1. The minimum Gasteiger partial charge on any atom is -0.383 e. The predicted molar refractivity (Wildman–Crippen MR) is 91.0 cm³/mol. The number of nitrogens with zero attached hydrogens (tertiary/aromatic N) is 2. The third kappa shape index (κ3) is 4.50. The van der Waals surface area contributed by atoms with Crippen molar-refractivity contribution in [1.29, 1.82) is 0 Å². The molecule has 0 saturated carbocycles. The number of ether oxygens (including phenoxy) is 1. The highest BCUT2D eigenvalue weighted by molar-refractivity contribution is 6.03. The van der Waals surface area contributed by atoms with Crippen molar-refractivity contribution in [3.63, 3.8) is 0 Å². The fraction of sp³-hybridized carbons (Fsp3) is 0.353. The Kier molecular flexibility index (Phi) is 5.65. The number of carbonyl (C=O) groups excluding carboxylic acids is 1. The molecule has 0 spiro atoms. The lowest BCUT2D eigenvalue weighted by Gasteiger charge is -2.12. The van der Waals surface area contributed by atoms with Gasteiger partial charge in [-0.2, -0.15) is 0 Å². The number of aryl methyl sites for hydroxylation is 3. The largest absolute Gasteiger partial charge is 0.383 e. The quantitative estimate of drug-likeness (QED) is 0.802. The lowest BCUT2D eigenvalue weighted by Crippen LogP contribution is -2.18. The molecule has 6 nitrogen and oxygen atoms in total. The van der Waals surface area contributed by atoms with E-state index in [9.17, 15) is 4.79 Å². The Hall–Kier alpha value is -2.47. The van der Waals surface area contributed by atoms with Gasteiger partial charge in [0, 0.05) is 25.0 Å². The van der Waals surface area contributed by atoms with Gasteiger partial charge in [-0.05, 0) is 38.0 Å². The summed E-state index contributed by atoms with van der Waals surface area (Å²) >= 11 is 0. The van der Waals surface area contributed by atoms with Crippen molar-refractivity contribution in [2.75, 3.05) is 30.9 Å². The fourth-order valence-electron chi connectivity index (χ4n) is 2.22. The van der Waals surface area contributed by atoms with E-state index in [2.05, 4.69) is 20.6 Å². The van der Waals surface area contributed by atoms with Gasteiger partial charge in [0.25, 0.3) is 5.91 Å². The summed E-state index contributed by atoms with van der Waals surface area (Å²) in [6.45, 7) is 6.88. The van der Waals surface area contributed by atoms with Crippen molar-refractivity contribution in [1.82, 2.24) is 9.97 Å². The molecule has 0 aliphatic rings. The molecule has 0 bridgehead atoms. The summed E-state index contributed by atoms with van der Waals surface area (Å²) < 4.78 is 4.98. The van der Waals surface area contributed by atoms with Crippen LogP contribution in [-0.2, 0) is 4.74 Å². The lowest BCUT2D eigenvalue weighted by molar-refractivity contribution is 0.102. The monoisotopic (exact) mass is 314 g/mol. The molecule has 0 fully saturated rings. The molecular weight excluding hydrogens is 292 g/mol. The number of para-hydroxylation sites is 1. The molecule has 2 aromatic rings. The number of amides is 1. The van der Waals surface area contributed by atoms with Gasteiger partial charge in [-0.15, -0.1) is 0 Å². The van der Waals surface area contributed by atoms with E-state index in [4.69, 9.17) is 4.74 Å². The zero-order chi connectivity index (χ0) is 16.8. The lowest BCUT2D eigenvalue weighted by atomic mass is 10.1. The van der Waals surface area contributed by atoms with Crippen molar-refractivity contribution >= 4 is 17.5 Å². The minimum atomic E-state index is -0.248. The molecular formula is C17H22N4O2. The van der Waals surface area contributed by atoms with E-state index >= 15 is 0 Å². The van der Waals surface area contributed by atoms with Crippen LogP contribution in [0, 0.1) is 20.8 Å². The van der Waals surface area contributed by atoms with Gasteiger partial charge in [0.1, 0.15) is 5.69 Å². The molecule has 0 unspecified atom stereocenters. The molecule has 2 rings (SSSR count). The van der Waals surface area contributed by atoms with Crippen LogP contribution < -0.4 is 10.6 Å². The van der Waals surface area contributed by atoms with Crippen LogP contribution in [-0.4, -0.2) is 36.1 Å². The zero-order valence-electron chi connectivity index (χ0n) is 13.9. The van der Waals surface area contributed by atoms with Crippen LogP contribution in [0.25, 0.3) is 0 Å². The van der Waals surface area contributed by atoms with Crippen LogP contribution in [0.5, 0.6) is 0 Å². The van der Waals surface area contributed by atoms with Gasteiger partial charge >= 0.3 is 0 Å². The third-order valence-electron chi connectivity index (χ3n) is 3.40. The van der Waals surface area contributed by atoms with Crippen molar-refractivity contribution in [2.45, 2.75) is 20.8 Å². The Morgan fingerprint density at radius 1 is 1.17 bits per heavy atom. The molecule has 6 heteroatoms. The summed E-state index contributed by atoms with van der Waals surface area (Å²) in [6, 6.07) is 7.56. The SMILES string of the molecule is COCCNc1nc(C)cc(C(=O)Nc2c(C)cccc2C)n1. The topological polar surface area (TPSA) is 76.1 Å². The average molecular weight is 314 g/mol. The molecule has 1 heterocycles. The normalized spacial score (nSPS) is 10.4. The molecule has 2 N–H and O–H groups in total. The number of aromatic nitrogens is 2. The summed E-state index contributed by atoms with van der Waals surface area (Å²) in [7, 11) is 1.63. The van der Waals surface area contributed by atoms with Gasteiger partial charge in [-0.25, -0.2) is 9.97 Å². The average Bonchev–Trinajstić information content (AvgIpc) is 2.50. The molecule has 0 saturated heterocycles. The molecule has 23 heavy (non-hydrogen) atoms. The number of rotatable bonds is 6. The number of methoxy groups -OCH3 is 1. The molecule has 1 aromatic heterocycles. The Morgan fingerprint density at radius 3 is 2.52 bits per heavy atom. The maximum atomic E-state index is 12.5. The summed E-state index contributed by atoms with van der Waals surface area (Å²) in [5, 5.41) is 5.98. The highest BCUT2D eigenvalue weighted by Gasteiger charge is 2.13. The predicted octanol–water partition coefficient (Wildman–Crippen LogP) is 2.71. The van der Waals surface area contributed by atoms with Gasteiger partial charge in [0.2, 0.25) is 5.95 Å². The Balaban J connectivity index is 2.18. The molecule has 0 atom stereocenters. The second-order valence-corrected chi connectivity index (χ2v) is 5.36. The number of anilines is 2. The molecule has 122 valence electrons. The van der Waals surface area contributed by atoms with E-state index in [1.807, 2.05) is 39.0 Å². The summed E-state index contributed by atoms with van der Waals surface area (Å²) in [4.78, 5) is 21.0. The molecule has 1 aromatic carbocycles. The van der Waals surface area contributed by atoms with Gasteiger partial charge in [-0.3, -0.25) is 4.79 Å². The van der Waals surface area contributed by atoms with E-state index in [0.717, 1.165) is 22.5 Å². The van der Waals surface area contributed by atoms with E-state index in [1.165, 1.54) is 0 Å². The van der Waals surface area contributed by atoms with Gasteiger partial charge in [0.15, 0.2) is 0 Å². The standard InChI is InChI=1S/C17H22N4O2/c1-11-6-5-7-12(2)15(11)21-16(22)14-10-13(3)19-17(20-14)18-8-9-23-4/h5-7,10H,8-9H2,1-4H3,(H,21,22)(H,18,19,20). The van der Waals surface area contributed by atoms with Crippen molar-refractivity contribution in [3.8, 4) is 0 Å². The van der Waals surface area contributed by atoms with Crippen LogP contribution >= 0.6 is 0 Å². The number of carbonyl (C=O) groups is 1. The highest BCUT2D eigenvalue weighted by Crippen LogP contribution is 2.20. The fourth-order valence-corrected chi connectivity index (χ4v) is 2.22. The number of hydrogen-bond acceptors (Lipinski definition) is 5. The van der Waals surface area contributed by atoms with Gasteiger partial charge < -0.3 is 15.4 Å².